The zero-order valence-electron chi connectivity index (χ0n) is 10.1. The van der Waals surface area contributed by atoms with E-state index in [1.165, 1.54) is 12.8 Å². The zero-order chi connectivity index (χ0) is 11.8. The fourth-order valence-corrected chi connectivity index (χ4v) is 1.58. The lowest BCUT2D eigenvalue weighted by atomic mass is 10.1. The number of unbranched alkanes of at least 4 members (excludes halogenated alkanes) is 3. The Morgan fingerprint density at radius 3 is 2.81 bits per heavy atom. The SMILES string of the molecule is CCCCCCC(=O)c1ccc(COC)o1. The van der Waals surface area contributed by atoms with E-state index in [1.807, 2.05) is 0 Å². The number of ketones is 1. The van der Waals surface area contributed by atoms with Gasteiger partial charge in [0.25, 0.3) is 0 Å². The van der Waals surface area contributed by atoms with Crippen LogP contribution in [0.5, 0.6) is 0 Å². The van der Waals surface area contributed by atoms with Crippen LogP contribution in [0.4, 0.5) is 0 Å². The van der Waals surface area contributed by atoms with Gasteiger partial charge in [-0.1, -0.05) is 26.2 Å². The van der Waals surface area contributed by atoms with Crippen molar-refractivity contribution in [3.63, 3.8) is 0 Å². The zero-order valence-corrected chi connectivity index (χ0v) is 10.1. The highest BCUT2D eigenvalue weighted by atomic mass is 16.5. The fourth-order valence-electron chi connectivity index (χ4n) is 1.58. The van der Waals surface area contributed by atoms with Crippen molar-refractivity contribution in [3.05, 3.63) is 23.7 Å². The van der Waals surface area contributed by atoms with Crippen molar-refractivity contribution in [1.82, 2.24) is 0 Å². The summed E-state index contributed by atoms with van der Waals surface area (Å²) < 4.78 is 10.3. The molecular formula is C13H20O3. The standard InChI is InChI=1S/C13H20O3/c1-3-4-5-6-7-12(14)13-9-8-11(16-13)10-15-2/h8-9H,3-7,10H2,1-2H3. The van der Waals surface area contributed by atoms with E-state index in [0.29, 0.717) is 24.5 Å². The molecule has 0 aliphatic carbocycles. The number of carbonyl (C=O) groups is 1. The van der Waals surface area contributed by atoms with Crippen molar-refractivity contribution in [1.29, 1.82) is 0 Å². The first kappa shape index (κ1) is 13.0. The number of rotatable bonds is 8. The third kappa shape index (κ3) is 4.19. The van der Waals surface area contributed by atoms with Crippen molar-refractivity contribution in [3.8, 4) is 0 Å². The van der Waals surface area contributed by atoms with Gasteiger partial charge in [0.15, 0.2) is 11.5 Å². The normalized spacial score (nSPS) is 10.6. The molecule has 0 aromatic carbocycles. The molecule has 0 radical (unpaired) electrons. The molecule has 0 aliphatic rings. The van der Waals surface area contributed by atoms with Crippen LogP contribution < -0.4 is 0 Å². The van der Waals surface area contributed by atoms with Crippen LogP contribution in [0.25, 0.3) is 0 Å². The summed E-state index contributed by atoms with van der Waals surface area (Å²) >= 11 is 0. The van der Waals surface area contributed by atoms with E-state index in [1.54, 1.807) is 19.2 Å². The number of hydrogen-bond donors (Lipinski definition) is 0. The minimum absolute atomic E-state index is 0.0958. The second kappa shape index (κ2) is 7.23. The molecular weight excluding hydrogens is 204 g/mol. The van der Waals surface area contributed by atoms with Gasteiger partial charge < -0.3 is 9.15 Å². The van der Waals surface area contributed by atoms with Crippen LogP contribution in [-0.4, -0.2) is 12.9 Å². The maximum atomic E-state index is 11.7. The highest BCUT2D eigenvalue weighted by molar-refractivity contribution is 5.93. The maximum absolute atomic E-state index is 11.7. The molecule has 0 atom stereocenters. The fraction of sp³-hybridized carbons (Fsp3) is 0.615. The molecule has 0 saturated carbocycles. The first-order valence-corrected chi connectivity index (χ1v) is 5.88. The van der Waals surface area contributed by atoms with Crippen molar-refractivity contribution < 1.29 is 13.9 Å². The molecule has 90 valence electrons. The van der Waals surface area contributed by atoms with E-state index < -0.39 is 0 Å². The van der Waals surface area contributed by atoms with E-state index in [-0.39, 0.29) is 5.78 Å². The topological polar surface area (TPSA) is 39.4 Å². The molecule has 0 bridgehead atoms. The lowest BCUT2D eigenvalue weighted by Gasteiger charge is -1.98. The third-order valence-electron chi connectivity index (χ3n) is 2.48. The van der Waals surface area contributed by atoms with Gasteiger partial charge in [0, 0.05) is 13.5 Å². The maximum Gasteiger partial charge on any atom is 0.197 e. The Balaban J connectivity index is 2.34. The number of ether oxygens (including phenoxy) is 1. The van der Waals surface area contributed by atoms with Crippen molar-refractivity contribution in [2.24, 2.45) is 0 Å². The van der Waals surface area contributed by atoms with E-state index in [0.717, 1.165) is 12.8 Å². The number of methoxy groups -OCH3 is 1. The molecule has 0 unspecified atom stereocenters. The molecule has 0 N–H and O–H groups in total. The van der Waals surface area contributed by atoms with Gasteiger partial charge in [-0.15, -0.1) is 0 Å². The average molecular weight is 224 g/mol. The Morgan fingerprint density at radius 1 is 1.31 bits per heavy atom. The monoisotopic (exact) mass is 224 g/mol. The number of carbonyl (C=O) groups excluding carboxylic acids is 1. The largest absolute Gasteiger partial charge is 0.456 e. The average Bonchev–Trinajstić information content (AvgIpc) is 2.73. The van der Waals surface area contributed by atoms with Gasteiger partial charge in [-0.2, -0.15) is 0 Å². The van der Waals surface area contributed by atoms with Gasteiger partial charge in [-0.05, 0) is 18.6 Å². The number of hydrogen-bond acceptors (Lipinski definition) is 3. The second-order valence-corrected chi connectivity index (χ2v) is 3.93. The van der Waals surface area contributed by atoms with Crippen LogP contribution in [0.2, 0.25) is 0 Å². The van der Waals surface area contributed by atoms with Gasteiger partial charge >= 0.3 is 0 Å². The summed E-state index contributed by atoms with van der Waals surface area (Å²) in [6.07, 6.45) is 5.04. The van der Waals surface area contributed by atoms with Crippen molar-refractivity contribution in [2.75, 3.05) is 7.11 Å². The molecule has 0 spiro atoms. The number of furan rings is 1. The smallest absolute Gasteiger partial charge is 0.197 e. The van der Waals surface area contributed by atoms with Crippen LogP contribution in [0.15, 0.2) is 16.5 Å². The van der Waals surface area contributed by atoms with Crippen LogP contribution in [0.3, 0.4) is 0 Å². The van der Waals surface area contributed by atoms with Gasteiger partial charge in [-0.3, -0.25) is 4.79 Å². The van der Waals surface area contributed by atoms with E-state index in [2.05, 4.69) is 6.92 Å². The van der Waals surface area contributed by atoms with Crippen molar-refractivity contribution >= 4 is 5.78 Å². The second-order valence-electron chi connectivity index (χ2n) is 3.93. The van der Waals surface area contributed by atoms with Crippen molar-refractivity contribution in [2.45, 2.75) is 45.6 Å². The Hall–Kier alpha value is -1.09. The van der Waals surface area contributed by atoms with Gasteiger partial charge in [0.1, 0.15) is 12.4 Å². The molecule has 16 heavy (non-hydrogen) atoms. The van der Waals surface area contributed by atoms with E-state index in [4.69, 9.17) is 9.15 Å². The molecule has 1 heterocycles. The molecule has 0 aliphatic heterocycles. The quantitative estimate of drug-likeness (QED) is 0.500. The van der Waals surface area contributed by atoms with Gasteiger partial charge in [0.05, 0.1) is 0 Å². The Labute approximate surface area is 96.8 Å². The Morgan fingerprint density at radius 2 is 2.12 bits per heavy atom. The molecule has 3 nitrogen and oxygen atoms in total. The Kier molecular flexibility index (Phi) is 5.86. The third-order valence-corrected chi connectivity index (χ3v) is 2.48. The summed E-state index contributed by atoms with van der Waals surface area (Å²) in [6, 6.07) is 3.53. The van der Waals surface area contributed by atoms with Crippen LogP contribution in [0, 0.1) is 0 Å². The summed E-state index contributed by atoms with van der Waals surface area (Å²) in [6.45, 7) is 2.58. The minimum atomic E-state index is 0.0958. The molecule has 0 saturated heterocycles. The molecule has 3 heteroatoms. The first-order chi connectivity index (χ1) is 7.77. The van der Waals surface area contributed by atoms with Gasteiger partial charge in [0.2, 0.25) is 0 Å². The Bertz CT molecular complexity index is 315. The van der Waals surface area contributed by atoms with E-state index in [9.17, 15) is 4.79 Å². The first-order valence-electron chi connectivity index (χ1n) is 5.88. The minimum Gasteiger partial charge on any atom is -0.456 e. The molecule has 0 fully saturated rings. The highest BCUT2D eigenvalue weighted by Gasteiger charge is 2.10. The predicted octanol–water partition coefficient (Wildman–Crippen LogP) is 3.58. The van der Waals surface area contributed by atoms with Crippen LogP contribution >= 0.6 is 0 Å². The summed E-state index contributed by atoms with van der Waals surface area (Å²) in [5, 5.41) is 0. The predicted molar refractivity (Wildman–Crippen MR) is 62.5 cm³/mol. The highest BCUT2D eigenvalue weighted by Crippen LogP contribution is 2.13. The summed E-state index contributed by atoms with van der Waals surface area (Å²) in [5.41, 5.74) is 0. The summed E-state index contributed by atoms with van der Waals surface area (Å²) in [5.74, 6) is 1.27. The lowest BCUT2D eigenvalue weighted by molar-refractivity contribution is 0.0943. The molecule has 1 aromatic rings. The lowest BCUT2D eigenvalue weighted by Crippen LogP contribution is -1.96. The summed E-state index contributed by atoms with van der Waals surface area (Å²) in [4.78, 5) is 11.7. The van der Waals surface area contributed by atoms with Crippen LogP contribution in [0.1, 0.15) is 55.3 Å². The van der Waals surface area contributed by atoms with E-state index >= 15 is 0 Å². The summed E-state index contributed by atoms with van der Waals surface area (Å²) in [7, 11) is 1.61. The molecule has 1 aromatic heterocycles. The molecule has 1 rings (SSSR count). The van der Waals surface area contributed by atoms with Gasteiger partial charge in [-0.25, -0.2) is 0 Å². The van der Waals surface area contributed by atoms with Crippen LogP contribution in [-0.2, 0) is 11.3 Å². The number of Topliss-reactive ketones (excluding diaryl/α,β-unsaturated/α-hetero) is 1. The molecule has 0 amide bonds.